The Hall–Kier alpha value is -3.73. The van der Waals surface area contributed by atoms with Crippen LogP contribution in [0, 0.1) is 18.3 Å². The van der Waals surface area contributed by atoms with Crippen molar-refractivity contribution in [2.75, 3.05) is 5.73 Å². The quantitative estimate of drug-likeness (QED) is 0.754. The maximum absolute atomic E-state index is 13.0. The van der Waals surface area contributed by atoms with E-state index in [9.17, 15) is 19.6 Å². The second-order valence-corrected chi connectivity index (χ2v) is 7.35. The highest BCUT2D eigenvalue weighted by atomic mass is 16.2. The molecule has 1 fully saturated rings. The lowest BCUT2D eigenvalue weighted by Gasteiger charge is -2.32. The van der Waals surface area contributed by atoms with Crippen molar-refractivity contribution in [2.45, 2.75) is 38.8 Å². The fourth-order valence-corrected chi connectivity index (χ4v) is 4.08. The molecular weight excluding hydrogens is 370 g/mol. The van der Waals surface area contributed by atoms with Crippen LogP contribution in [-0.4, -0.2) is 33.6 Å². The van der Waals surface area contributed by atoms with Gasteiger partial charge >= 0.3 is 0 Å². The molecule has 2 unspecified atom stereocenters. The van der Waals surface area contributed by atoms with Gasteiger partial charge in [0.2, 0.25) is 11.8 Å². The molecular formula is C21H19N5O3. The van der Waals surface area contributed by atoms with E-state index in [2.05, 4.69) is 10.3 Å². The highest BCUT2D eigenvalue weighted by molar-refractivity contribution is 6.06. The maximum atomic E-state index is 13.0. The van der Waals surface area contributed by atoms with Gasteiger partial charge in [0.1, 0.15) is 17.9 Å². The zero-order valence-electron chi connectivity index (χ0n) is 16.0. The first-order valence-electron chi connectivity index (χ1n) is 9.29. The van der Waals surface area contributed by atoms with Gasteiger partial charge in [-0.15, -0.1) is 0 Å². The van der Waals surface area contributed by atoms with Crippen LogP contribution in [0.2, 0.25) is 0 Å². The van der Waals surface area contributed by atoms with Crippen LogP contribution < -0.4 is 11.1 Å². The van der Waals surface area contributed by atoms with Gasteiger partial charge in [-0.1, -0.05) is 6.07 Å². The molecule has 146 valence electrons. The topological polar surface area (TPSA) is 129 Å². The normalized spacial score (nSPS) is 21.0. The molecule has 0 spiro atoms. The predicted octanol–water partition coefficient (Wildman–Crippen LogP) is 1.83. The van der Waals surface area contributed by atoms with Crippen molar-refractivity contribution in [1.29, 1.82) is 5.26 Å². The Morgan fingerprint density at radius 1 is 1.28 bits per heavy atom. The summed E-state index contributed by atoms with van der Waals surface area (Å²) in [6.45, 7) is 3.66. The number of nitrogens with two attached hydrogens (primary N) is 1. The molecule has 0 radical (unpaired) electrons. The first kappa shape index (κ1) is 18.6. The lowest BCUT2D eigenvalue weighted by molar-refractivity contribution is -0.137. The van der Waals surface area contributed by atoms with Gasteiger partial charge in [-0.2, -0.15) is 5.26 Å². The Bertz CT molecular complexity index is 1090. The van der Waals surface area contributed by atoms with Crippen LogP contribution in [0.4, 0.5) is 5.82 Å². The van der Waals surface area contributed by atoms with Crippen molar-refractivity contribution in [3.05, 3.63) is 46.5 Å². The molecule has 0 saturated carbocycles. The minimum Gasteiger partial charge on any atom is -0.383 e. The number of carbonyl (C=O) groups is 3. The van der Waals surface area contributed by atoms with E-state index in [-0.39, 0.29) is 30.1 Å². The van der Waals surface area contributed by atoms with E-state index in [0.717, 1.165) is 16.7 Å². The molecule has 3 heterocycles. The maximum Gasteiger partial charge on any atom is 0.255 e. The Labute approximate surface area is 167 Å². The summed E-state index contributed by atoms with van der Waals surface area (Å²) >= 11 is 0. The van der Waals surface area contributed by atoms with Crippen LogP contribution in [0.3, 0.4) is 0 Å². The van der Waals surface area contributed by atoms with E-state index < -0.39 is 11.9 Å². The van der Waals surface area contributed by atoms with E-state index in [1.54, 1.807) is 30.0 Å². The number of amides is 3. The molecule has 0 aliphatic carbocycles. The number of nitrogens with zero attached hydrogens (tertiary/aromatic N) is 3. The number of fused-ring (bicyclic) bond motifs is 1. The largest absolute Gasteiger partial charge is 0.383 e. The molecule has 2 aromatic rings. The van der Waals surface area contributed by atoms with Crippen LogP contribution >= 0.6 is 0 Å². The summed E-state index contributed by atoms with van der Waals surface area (Å²) in [5.74, 6) is -0.814. The Balaban J connectivity index is 1.71. The lowest BCUT2D eigenvalue weighted by Crippen LogP contribution is -2.53. The van der Waals surface area contributed by atoms with Gasteiger partial charge in [0, 0.05) is 17.5 Å². The van der Waals surface area contributed by atoms with Crippen LogP contribution in [0.1, 0.15) is 52.9 Å². The van der Waals surface area contributed by atoms with Crippen molar-refractivity contribution in [3.63, 3.8) is 0 Å². The number of imide groups is 1. The van der Waals surface area contributed by atoms with Gasteiger partial charge in [-0.05, 0) is 49.6 Å². The number of carbonyl (C=O) groups excluding carboxylic acids is 3. The van der Waals surface area contributed by atoms with Crippen LogP contribution in [-0.2, 0) is 9.59 Å². The van der Waals surface area contributed by atoms with Crippen LogP contribution in [0.25, 0.3) is 11.3 Å². The fourth-order valence-electron chi connectivity index (χ4n) is 4.08. The van der Waals surface area contributed by atoms with E-state index >= 15 is 0 Å². The number of nitrogens with one attached hydrogen (secondary N) is 1. The zero-order chi connectivity index (χ0) is 20.9. The monoisotopic (exact) mass is 389 g/mol. The van der Waals surface area contributed by atoms with E-state index in [1.807, 2.05) is 19.1 Å². The molecule has 1 aromatic heterocycles. The summed E-state index contributed by atoms with van der Waals surface area (Å²) in [7, 11) is 0. The molecule has 1 aromatic carbocycles. The molecule has 4 rings (SSSR count). The third kappa shape index (κ3) is 2.91. The molecule has 29 heavy (non-hydrogen) atoms. The highest BCUT2D eigenvalue weighted by Crippen LogP contribution is 2.38. The second-order valence-electron chi connectivity index (χ2n) is 7.35. The fraction of sp³-hybridized carbons (Fsp3) is 0.286. The minimum atomic E-state index is -0.669. The second kappa shape index (κ2) is 6.71. The van der Waals surface area contributed by atoms with Gasteiger partial charge in [0.25, 0.3) is 5.91 Å². The third-order valence-electron chi connectivity index (χ3n) is 5.58. The van der Waals surface area contributed by atoms with E-state index in [0.29, 0.717) is 23.2 Å². The number of hydrogen-bond acceptors (Lipinski definition) is 6. The Morgan fingerprint density at radius 2 is 2.03 bits per heavy atom. The summed E-state index contributed by atoms with van der Waals surface area (Å²) in [6, 6.07) is 8.22. The number of anilines is 1. The van der Waals surface area contributed by atoms with Crippen molar-refractivity contribution in [2.24, 2.45) is 0 Å². The van der Waals surface area contributed by atoms with Crippen LogP contribution in [0.5, 0.6) is 0 Å². The molecule has 2 aliphatic heterocycles. The lowest BCUT2D eigenvalue weighted by atomic mass is 9.98. The standard InChI is InChI=1S/C21H19N5O3/c1-10-7-16(24-19(23)15(10)9-22)12-3-4-13-14(8-12)11(2)26(21(13)29)17-5-6-18(27)25-20(17)28/h3-4,7-8,11,17H,5-6H2,1-2H3,(H2,23,24)(H,25,27,28). The van der Waals surface area contributed by atoms with Gasteiger partial charge in [-0.3, -0.25) is 19.7 Å². The number of hydrogen-bond donors (Lipinski definition) is 2. The number of nitriles is 1. The zero-order valence-corrected chi connectivity index (χ0v) is 16.0. The number of pyridine rings is 1. The van der Waals surface area contributed by atoms with Crippen molar-refractivity contribution < 1.29 is 14.4 Å². The summed E-state index contributed by atoms with van der Waals surface area (Å²) < 4.78 is 0. The van der Waals surface area contributed by atoms with Crippen molar-refractivity contribution in [1.82, 2.24) is 15.2 Å². The molecule has 2 atom stereocenters. The number of rotatable bonds is 2. The molecule has 8 heteroatoms. The van der Waals surface area contributed by atoms with E-state index in [1.165, 1.54) is 0 Å². The Kier molecular flexibility index (Phi) is 4.31. The molecule has 3 amide bonds. The molecule has 8 nitrogen and oxygen atoms in total. The number of nitrogen functional groups attached to an aromatic ring is 1. The first-order chi connectivity index (χ1) is 13.8. The summed E-state index contributed by atoms with van der Waals surface area (Å²) in [4.78, 5) is 42.6. The number of aromatic nitrogens is 1. The van der Waals surface area contributed by atoms with Gasteiger partial charge in [0.05, 0.1) is 17.3 Å². The van der Waals surface area contributed by atoms with Gasteiger partial charge in [-0.25, -0.2) is 4.98 Å². The Morgan fingerprint density at radius 3 is 2.69 bits per heavy atom. The summed E-state index contributed by atoms with van der Waals surface area (Å²) in [5, 5.41) is 11.5. The van der Waals surface area contributed by atoms with Gasteiger partial charge in [0.15, 0.2) is 0 Å². The van der Waals surface area contributed by atoms with Gasteiger partial charge < -0.3 is 10.6 Å². The molecule has 2 aliphatic rings. The summed E-state index contributed by atoms with van der Waals surface area (Å²) in [6.07, 6.45) is 0.525. The van der Waals surface area contributed by atoms with E-state index in [4.69, 9.17) is 5.73 Å². The van der Waals surface area contributed by atoms with Crippen molar-refractivity contribution >= 4 is 23.5 Å². The number of piperidine rings is 1. The van der Waals surface area contributed by atoms with Crippen molar-refractivity contribution in [3.8, 4) is 17.3 Å². The molecule has 0 bridgehead atoms. The third-order valence-corrected chi connectivity index (χ3v) is 5.58. The highest BCUT2D eigenvalue weighted by Gasteiger charge is 2.43. The smallest absolute Gasteiger partial charge is 0.255 e. The predicted molar refractivity (Wildman–Crippen MR) is 104 cm³/mol. The minimum absolute atomic E-state index is 0.164. The average molecular weight is 389 g/mol. The SMILES string of the molecule is Cc1cc(-c2ccc3c(c2)C(C)N(C2CCC(=O)NC2=O)C3=O)nc(N)c1C#N. The average Bonchev–Trinajstić information content (AvgIpc) is 2.92. The summed E-state index contributed by atoms with van der Waals surface area (Å²) in [5.41, 5.74) is 9.69. The van der Waals surface area contributed by atoms with Crippen LogP contribution in [0.15, 0.2) is 24.3 Å². The molecule has 1 saturated heterocycles. The number of benzene rings is 1. The molecule has 3 N–H and O–H groups in total. The number of aryl methyl sites for hydroxylation is 1. The first-order valence-corrected chi connectivity index (χ1v) is 9.29.